The number of ether oxygens (including phenoxy) is 1. The van der Waals surface area contributed by atoms with Gasteiger partial charge >= 0.3 is 5.97 Å². The molecule has 3 N–H and O–H groups in total. The lowest BCUT2D eigenvalue weighted by Gasteiger charge is -2.09. The topological polar surface area (TPSA) is 81.4 Å². The van der Waals surface area contributed by atoms with Crippen molar-refractivity contribution in [3.63, 3.8) is 0 Å². The van der Waals surface area contributed by atoms with Crippen LogP contribution in [0.1, 0.15) is 17.3 Å². The van der Waals surface area contributed by atoms with Crippen LogP contribution < -0.4 is 11.1 Å². The summed E-state index contributed by atoms with van der Waals surface area (Å²) in [6.07, 6.45) is 0. The average molecular weight is 272 g/mol. The number of carbonyl (C=O) groups is 2. The van der Waals surface area contributed by atoms with Crippen molar-refractivity contribution in [3.8, 4) is 0 Å². The fraction of sp³-hybridized carbons (Fsp3) is 0.200. The van der Waals surface area contributed by atoms with Crippen molar-refractivity contribution >= 4 is 28.3 Å². The third-order valence-corrected chi connectivity index (χ3v) is 2.85. The van der Waals surface area contributed by atoms with Crippen molar-refractivity contribution in [1.29, 1.82) is 0 Å². The van der Waals surface area contributed by atoms with E-state index in [0.717, 1.165) is 10.8 Å². The van der Waals surface area contributed by atoms with E-state index in [1.54, 1.807) is 25.1 Å². The fourth-order valence-electron chi connectivity index (χ4n) is 1.92. The van der Waals surface area contributed by atoms with E-state index in [1.807, 2.05) is 18.2 Å². The largest absolute Gasteiger partial charge is 0.462 e. The highest BCUT2D eigenvalue weighted by Gasteiger charge is 2.10. The number of fused-ring (bicyclic) bond motifs is 1. The zero-order valence-corrected chi connectivity index (χ0v) is 11.2. The summed E-state index contributed by atoms with van der Waals surface area (Å²) in [6, 6.07) is 10.7. The Morgan fingerprint density at radius 2 is 2.05 bits per heavy atom. The second-order valence-corrected chi connectivity index (χ2v) is 4.21. The first-order valence-electron chi connectivity index (χ1n) is 6.35. The number of esters is 1. The summed E-state index contributed by atoms with van der Waals surface area (Å²) in [4.78, 5) is 23.2. The van der Waals surface area contributed by atoms with Gasteiger partial charge in [-0.15, -0.1) is 0 Å². The predicted molar refractivity (Wildman–Crippen MR) is 77.6 cm³/mol. The minimum absolute atomic E-state index is 0.0893. The summed E-state index contributed by atoms with van der Waals surface area (Å²) < 4.78 is 4.97. The monoisotopic (exact) mass is 272 g/mol. The van der Waals surface area contributed by atoms with E-state index in [2.05, 4.69) is 5.32 Å². The van der Waals surface area contributed by atoms with Crippen LogP contribution in [0.4, 0.5) is 5.69 Å². The number of nitrogens with one attached hydrogen (secondary N) is 1. The molecule has 0 fully saturated rings. The molecule has 0 bridgehead atoms. The first-order chi connectivity index (χ1) is 9.65. The van der Waals surface area contributed by atoms with Crippen molar-refractivity contribution in [3.05, 3.63) is 42.0 Å². The highest BCUT2D eigenvalue weighted by molar-refractivity contribution is 6.05. The lowest BCUT2D eigenvalue weighted by molar-refractivity contribution is -0.114. The van der Waals surface area contributed by atoms with Crippen LogP contribution in [0.3, 0.4) is 0 Å². The maximum Gasteiger partial charge on any atom is 0.338 e. The molecule has 0 radical (unpaired) electrons. The van der Waals surface area contributed by atoms with Crippen LogP contribution in [0.15, 0.2) is 36.4 Å². The lowest BCUT2D eigenvalue weighted by atomic mass is 10.1. The lowest BCUT2D eigenvalue weighted by Crippen LogP contribution is -2.21. The van der Waals surface area contributed by atoms with E-state index >= 15 is 0 Å². The fourth-order valence-corrected chi connectivity index (χ4v) is 1.92. The number of rotatable bonds is 4. The number of hydrogen-bond acceptors (Lipinski definition) is 4. The molecule has 2 rings (SSSR count). The van der Waals surface area contributed by atoms with Gasteiger partial charge in [0.15, 0.2) is 0 Å². The Bertz CT molecular complexity index is 653. The highest BCUT2D eigenvalue weighted by Crippen LogP contribution is 2.25. The molecule has 0 heterocycles. The quantitative estimate of drug-likeness (QED) is 0.833. The van der Waals surface area contributed by atoms with Crippen molar-refractivity contribution in [1.82, 2.24) is 0 Å². The standard InChI is InChI=1S/C15H16N2O3/c1-2-20-15(19)11-7-6-10-4-3-5-13(12(10)8-11)17-14(18)9-16/h3-8H,2,9,16H2,1H3,(H,17,18). The van der Waals surface area contributed by atoms with Crippen LogP contribution in [-0.4, -0.2) is 25.0 Å². The summed E-state index contributed by atoms with van der Waals surface area (Å²) in [5, 5.41) is 4.42. The molecular weight excluding hydrogens is 256 g/mol. The third kappa shape index (κ3) is 2.95. The molecular formula is C15H16N2O3. The molecule has 5 nitrogen and oxygen atoms in total. The summed E-state index contributed by atoms with van der Waals surface area (Å²) in [5.41, 5.74) is 6.38. The minimum atomic E-state index is -0.380. The third-order valence-electron chi connectivity index (χ3n) is 2.85. The summed E-state index contributed by atoms with van der Waals surface area (Å²) in [5.74, 6) is -0.659. The Labute approximate surface area is 116 Å². The van der Waals surface area contributed by atoms with Gasteiger partial charge in [0.25, 0.3) is 0 Å². The Hall–Kier alpha value is -2.40. The molecule has 20 heavy (non-hydrogen) atoms. The second kappa shape index (κ2) is 6.16. The zero-order chi connectivity index (χ0) is 14.5. The molecule has 2 aromatic carbocycles. The molecule has 0 spiro atoms. The van der Waals surface area contributed by atoms with Gasteiger partial charge in [-0.25, -0.2) is 4.79 Å². The summed E-state index contributed by atoms with van der Waals surface area (Å²) in [6.45, 7) is 1.99. The van der Waals surface area contributed by atoms with Gasteiger partial charge in [0.1, 0.15) is 0 Å². The Morgan fingerprint density at radius 1 is 1.25 bits per heavy atom. The van der Waals surface area contributed by atoms with Crippen LogP contribution in [0, 0.1) is 0 Å². The van der Waals surface area contributed by atoms with Gasteiger partial charge in [-0.2, -0.15) is 0 Å². The van der Waals surface area contributed by atoms with Gasteiger partial charge in [-0.3, -0.25) is 4.79 Å². The van der Waals surface area contributed by atoms with Gasteiger partial charge in [-0.1, -0.05) is 18.2 Å². The first kappa shape index (κ1) is 14.0. The number of amides is 1. The molecule has 1 amide bonds. The molecule has 0 saturated heterocycles. The van der Waals surface area contributed by atoms with E-state index in [9.17, 15) is 9.59 Å². The van der Waals surface area contributed by atoms with Crippen molar-refractivity contribution in [2.75, 3.05) is 18.5 Å². The van der Waals surface area contributed by atoms with E-state index < -0.39 is 0 Å². The molecule has 0 aromatic heterocycles. The Balaban J connectivity index is 2.45. The van der Waals surface area contributed by atoms with Gasteiger partial charge in [0, 0.05) is 11.1 Å². The van der Waals surface area contributed by atoms with Crippen LogP contribution in [0.25, 0.3) is 10.8 Å². The smallest absolute Gasteiger partial charge is 0.338 e. The van der Waals surface area contributed by atoms with Crippen LogP contribution in [-0.2, 0) is 9.53 Å². The number of nitrogens with two attached hydrogens (primary N) is 1. The molecule has 0 aliphatic heterocycles. The van der Waals surface area contributed by atoms with Gasteiger partial charge in [0.05, 0.1) is 18.7 Å². The highest BCUT2D eigenvalue weighted by atomic mass is 16.5. The number of anilines is 1. The minimum Gasteiger partial charge on any atom is -0.462 e. The number of carbonyl (C=O) groups excluding carboxylic acids is 2. The van der Waals surface area contributed by atoms with E-state index in [1.165, 1.54) is 0 Å². The van der Waals surface area contributed by atoms with Crippen LogP contribution >= 0.6 is 0 Å². The van der Waals surface area contributed by atoms with Crippen LogP contribution in [0.5, 0.6) is 0 Å². The maximum atomic E-state index is 11.7. The van der Waals surface area contributed by atoms with E-state index in [-0.39, 0.29) is 18.4 Å². The van der Waals surface area contributed by atoms with Gasteiger partial charge in [-0.05, 0) is 30.5 Å². The predicted octanol–water partition coefficient (Wildman–Crippen LogP) is 1.91. The molecule has 0 atom stereocenters. The van der Waals surface area contributed by atoms with Crippen LogP contribution in [0.2, 0.25) is 0 Å². The average Bonchev–Trinajstić information content (AvgIpc) is 2.47. The summed E-state index contributed by atoms with van der Waals surface area (Å²) in [7, 11) is 0. The number of hydrogen-bond donors (Lipinski definition) is 2. The molecule has 0 unspecified atom stereocenters. The SMILES string of the molecule is CCOC(=O)c1ccc2cccc(NC(=O)CN)c2c1. The second-order valence-electron chi connectivity index (χ2n) is 4.21. The Morgan fingerprint density at radius 3 is 2.75 bits per heavy atom. The maximum absolute atomic E-state index is 11.7. The normalized spacial score (nSPS) is 10.3. The summed E-state index contributed by atoms with van der Waals surface area (Å²) >= 11 is 0. The van der Waals surface area contributed by atoms with Crippen molar-refractivity contribution in [2.24, 2.45) is 5.73 Å². The molecule has 0 aliphatic carbocycles. The zero-order valence-electron chi connectivity index (χ0n) is 11.2. The number of benzene rings is 2. The molecule has 5 heteroatoms. The molecule has 2 aromatic rings. The van der Waals surface area contributed by atoms with E-state index in [4.69, 9.17) is 10.5 Å². The van der Waals surface area contributed by atoms with E-state index in [0.29, 0.717) is 17.9 Å². The van der Waals surface area contributed by atoms with Crippen molar-refractivity contribution in [2.45, 2.75) is 6.92 Å². The Kier molecular flexibility index (Phi) is 4.32. The molecule has 0 saturated carbocycles. The first-order valence-corrected chi connectivity index (χ1v) is 6.35. The molecule has 0 aliphatic rings. The van der Waals surface area contributed by atoms with Gasteiger partial charge < -0.3 is 15.8 Å². The van der Waals surface area contributed by atoms with Gasteiger partial charge in [0.2, 0.25) is 5.91 Å². The molecule has 104 valence electrons. The van der Waals surface area contributed by atoms with Crippen molar-refractivity contribution < 1.29 is 14.3 Å².